The summed E-state index contributed by atoms with van der Waals surface area (Å²) in [6.45, 7) is 0.764. The highest BCUT2D eigenvalue weighted by atomic mass is 16.6. The fraction of sp³-hybridized carbons (Fsp3) is 0.556. The number of nitrogens with one attached hydrogen (secondary N) is 2. The smallest absolute Gasteiger partial charge is 0.303 e. The van der Waals surface area contributed by atoms with Crippen LogP contribution in [0.1, 0.15) is 38.5 Å². The van der Waals surface area contributed by atoms with Crippen molar-refractivity contribution in [3.63, 3.8) is 0 Å². The Labute approximate surface area is 216 Å². The molecule has 4 unspecified atom stereocenters. The van der Waals surface area contributed by atoms with E-state index in [-0.39, 0.29) is 43.0 Å². The van der Waals surface area contributed by atoms with Crippen molar-refractivity contribution in [3.05, 3.63) is 36.5 Å². The molecule has 37 heavy (non-hydrogen) atoms. The molecular weight excluding hydrogens is 474 g/mol. The number of carbonyl (C=O) groups is 2. The average Bonchev–Trinajstić information content (AvgIpc) is 3.58. The third-order valence-corrected chi connectivity index (χ3v) is 7.78. The van der Waals surface area contributed by atoms with Gasteiger partial charge in [0.25, 0.3) is 0 Å². The molecule has 1 aromatic heterocycles. The van der Waals surface area contributed by atoms with Gasteiger partial charge in [0.15, 0.2) is 0 Å². The molecule has 0 radical (unpaired) electrons. The van der Waals surface area contributed by atoms with Crippen LogP contribution in [0.5, 0.6) is 0 Å². The quantitative estimate of drug-likeness (QED) is 0.468. The van der Waals surface area contributed by atoms with Crippen LogP contribution in [0.4, 0.5) is 11.6 Å². The molecule has 5 rings (SSSR count). The highest BCUT2D eigenvalue weighted by Gasteiger charge is 2.49. The number of hydrogen-bond acceptors (Lipinski definition) is 8. The Balaban J connectivity index is 1.18. The molecule has 3 fully saturated rings. The van der Waals surface area contributed by atoms with E-state index in [1.165, 1.54) is 0 Å². The van der Waals surface area contributed by atoms with Crippen LogP contribution in [0, 0.1) is 5.41 Å². The number of fused-ring (bicyclic) bond motifs is 1. The van der Waals surface area contributed by atoms with Gasteiger partial charge < -0.3 is 30.1 Å². The minimum Gasteiger partial charge on any atom is -0.481 e. The molecule has 198 valence electrons. The third kappa shape index (κ3) is 5.70. The second-order valence-corrected chi connectivity index (χ2v) is 10.7. The first-order chi connectivity index (χ1) is 17.8. The number of aromatic nitrogens is 2. The number of aliphatic carboxylic acids is 1. The van der Waals surface area contributed by atoms with Crippen LogP contribution in [0.2, 0.25) is 0 Å². The maximum Gasteiger partial charge on any atom is 0.303 e. The van der Waals surface area contributed by atoms with Crippen molar-refractivity contribution in [2.45, 2.75) is 62.8 Å². The molecule has 1 aliphatic carbocycles. The summed E-state index contributed by atoms with van der Waals surface area (Å²) in [5.41, 5.74) is 2.49. The molecule has 0 bridgehead atoms. The molecule has 1 saturated carbocycles. The zero-order valence-corrected chi connectivity index (χ0v) is 21.4. The van der Waals surface area contributed by atoms with Gasteiger partial charge in [0.2, 0.25) is 11.9 Å². The van der Waals surface area contributed by atoms with E-state index >= 15 is 0 Å². The Bertz CT molecular complexity index is 1120. The van der Waals surface area contributed by atoms with E-state index in [0.717, 1.165) is 42.6 Å². The summed E-state index contributed by atoms with van der Waals surface area (Å²) in [6.07, 6.45) is 4.98. The SMILES string of the molecule is CN(C)c1ccc(-c2ccnc(NC3COC4C(NC(=O)CC5(CC(=O)O)CCCC5)COC34)n2)cc1. The van der Waals surface area contributed by atoms with Crippen LogP contribution in [0.15, 0.2) is 36.5 Å². The largest absolute Gasteiger partial charge is 0.481 e. The predicted molar refractivity (Wildman–Crippen MR) is 138 cm³/mol. The normalized spacial score (nSPS) is 26.0. The Morgan fingerprint density at radius 2 is 1.70 bits per heavy atom. The number of carboxylic acids is 1. The van der Waals surface area contributed by atoms with Gasteiger partial charge >= 0.3 is 5.97 Å². The molecule has 3 N–H and O–H groups in total. The number of amides is 1. The maximum atomic E-state index is 12.9. The summed E-state index contributed by atoms with van der Waals surface area (Å²) in [5, 5.41) is 15.7. The number of carboxylic acid groups (broad SMARTS) is 1. The van der Waals surface area contributed by atoms with Gasteiger partial charge in [-0.05, 0) is 36.5 Å². The van der Waals surface area contributed by atoms with Crippen LogP contribution in [0.3, 0.4) is 0 Å². The molecule has 3 aliphatic rings. The van der Waals surface area contributed by atoms with Crippen LogP contribution in [0.25, 0.3) is 11.3 Å². The van der Waals surface area contributed by atoms with Crippen LogP contribution < -0.4 is 15.5 Å². The van der Waals surface area contributed by atoms with Gasteiger partial charge in [-0.2, -0.15) is 0 Å². The maximum absolute atomic E-state index is 12.9. The van der Waals surface area contributed by atoms with Gasteiger partial charge in [-0.25, -0.2) is 9.97 Å². The Morgan fingerprint density at radius 3 is 2.38 bits per heavy atom. The fourth-order valence-electron chi connectivity index (χ4n) is 5.89. The molecule has 10 nitrogen and oxygen atoms in total. The van der Waals surface area contributed by atoms with Gasteiger partial charge in [0.05, 0.1) is 37.4 Å². The molecule has 10 heteroatoms. The third-order valence-electron chi connectivity index (χ3n) is 7.78. The molecule has 1 amide bonds. The highest BCUT2D eigenvalue weighted by molar-refractivity contribution is 5.78. The van der Waals surface area contributed by atoms with E-state index in [1.54, 1.807) is 6.20 Å². The molecule has 2 aliphatic heterocycles. The molecule has 2 saturated heterocycles. The number of nitrogens with zero attached hydrogens (tertiary/aromatic N) is 3. The Kier molecular flexibility index (Phi) is 7.30. The summed E-state index contributed by atoms with van der Waals surface area (Å²) in [6, 6.07) is 9.64. The minimum atomic E-state index is -0.844. The zero-order valence-electron chi connectivity index (χ0n) is 21.4. The number of hydrogen-bond donors (Lipinski definition) is 3. The molecule has 4 atom stereocenters. The lowest BCUT2D eigenvalue weighted by Gasteiger charge is -2.27. The predicted octanol–water partition coefficient (Wildman–Crippen LogP) is 2.70. The van der Waals surface area contributed by atoms with Crippen molar-refractivity contribution >= 4 is 23.5 Å². The van der Waals surface area contributed by atoms with Crippen molar-refractivity contribution < 1.29 is 24.2 Å². The monoisotopic (exact) mass is 509 g/mol. The van der Waals surface area contributed by atoms with Crippen molar-refractivity contribution in [1.29, 1.82) is 0 Å². The fourth-order valence-corrected chi connectivity index (χ4v) is 5.89. The molecule has 0 spiro atoms. The summed E-state index contributed by atoms with van der Waals surface area (Å²) in [4.78, 5) is 35.4. The van der Waals surface area contributed by atoms with Gasteiger partial charge in [-0.3, -0.25) is 9.59 Å². The summed E-state index contributed by atoms with van der Waals surface area (Å²) in [7, 11) is 4.01. The topological polar surface area (TPSA) is 126 Å². The molecule has 3 heterocycles. The standard InChI is InChI=1S/C27H35N5O5/c1-32(2)18-7-5-17(6-8-18)19-9-12-28-26(30-19)31-21-16-37-24-20(15-36-25(21)24)29-22(33)13-27(14-23(34)35)10-3-4-11-27/h5-9,12,20-21,24-25H,3-4,10-11,13-16H2,1-2H3,(H,29,33)(H,34,35)(H,28,30,31). The van der Waals surface area contributed by atoms with E-state index in [1.807, 2.05) is 37.2 Å². The number of carbonyl (C=O) groups excluding carboxylic acids is 1. The van der Waals surface area contributed by atoms with Crippen LogP contribution in [-0.4, -0.2) is 78.6 Å². The first-order valence-electron chi connectivity index (χ1n) is 12.9. The Hall–Kier alpha value is -3.24. The summed E-state index contributed by atoms with van der Waals surface area (Å²) >= 11 is 0. The summed E-state index contributed by atoms with van der Waals surface area (Å²) < 4.78 is 12.1. The van der Waals surface area contributed by atoms with Crippen LogP contribution in [-0.2, 0) is 19.1 Å². The lowest BCUT2D eigenvalue weighted by atomic mass is 9.79. The first kappa shape index (κ1) is 25.4. The molecule has 1 aromatic carbocycles. The van der Waals surface area contributed by atoms with Crippen molar-refractivity contribution in [1.82, 2.24) is 15.3 Å². The van der Waals surface area contributed by atoms with Crippen molar-refractivity contribution in [3.8, 4) is 11.3 Å². The molecular formula is C27H35N5O5. The van der Waals surface area contributed by atoms with Gasteiger partial charge in [-0.1, -0.05) is 25.0 Å². The first-order valence-corrected chi connectivity index (χ1v) is 12.9. The van der Waals surface area contributed by atoms with Crippen LogP contribution >= 0.6 is 0 Å². The van der Waals surface area contributed by atoms with Crippen molar-refractivity contribution in [2.75, 3.05) is 37.5 Å². The summed E-state index contributed by atoms with van der Waals surface area (Å²) in [5.74, 6) is -0.478. The van der Waals surface area contributed by atoms with E-state index < -0.39 is 11.4 Å². The van der Waals surface area contributed by atoms with Gasteiger partial charge in [0.1, 0.15) is 12.2 Å². The van der Waals surface area contributed by atoms with E-state index in [0.29, 0.717) is 19.2 Å². The van der Waals surface area contributed by atoms with E-state index in [2.05, 4.69) is 32.7 Å². The second kappa shape index (κ2) is 10.6. The average molecular weight is 510 g/mol. The van der Waals surface area contributed by atoms with E-state index in [4.69, 9.17) is 9.47 Å². The van der Waals surface area contributed by atoms with Crippen molar-refractivity contribution in [2.24, 2.45) is 5.41 Å². The van der Waals surface area contributed by atoms with Gasteiger partial charge in [-0.15, -0.1) is 0 Å². The molecule has 2 aromatic rings. The number of benzene rings is 1. The number of rotatable bonds is 9. The lowest BCUT2D eigenvalue weighted by Crippen LogP contribution is -2.46. The van der Waals surface area contributed by atoms with Gasteiger partial charge in [0, 0.05) is 38.0 Å². The number of ether oxygens (including phenoxy) is 2. The zero-order chi connectivity index (χ0) is 26.0. The number of anilines is 2. The van der Waals surface area contributed by atoms with E-state index in [9.17, 15) is 14.7 Å². The minimum absolute atomic E-state index is 0.0367. The highest BCUT2D eigenvalue weighted by Crippen LogP contribution is 2.44. The second-order valence-electron chi connectivity index (χ2n) is 10.7. The lowest BCUT2D eigenvalue weighted by molar-refractivity contribution is -0.140. The Morgan fingerprint density at radius 1 is 1.03 bits per heavy atom.